The Morgan fingerprint density at radius 1 is 1.56 bits per heavy atom. The van der Waals surface area contributed by atoms with Crippen LogP contribution in [0.1, 0.15) is 30.9 Å². The molecule has 0 aliphatic heterocycles. The highest BCUT2D eigenvalue weighted by atomic mass is 35.5. The molecule has 1 saturated carbocycles. The molecule has 1 fully saturated rings. The van der Waals surface area contributed by atoms with Crippen LogP contribution in [-0.2, 0) is 5.88 Å². The van der Waals surface area contributed by atoms with E-state index in [-0.39, 0.29) is 0 Å². The van der Waals surface area contributed by atoms with Gasteiger partial charge in [0.2, 0.25) is 0 Å². The number of hydrogen-bond acceptors (Lipinski definition) is 2. The molecule has 88 valence electrons. The number of nitrogens with zero attached hydrogens (tertiary/aromatic N) is 2. The third-order valence-electron chi connectivity index (χ3n) is 3.51. The van der Waals surface area contributed by atoms with E-state index in [2.05, 4.69) is 36.8 Å². The summed E-state index contributed by atoms with van der Waals surface area (Å²) >= 11 is 5.80. The summed E-state index contributed by atoms with van der Waals surface area (Å²) in [4.78, 5) is 6.82. The van der Waals surface area contributed by atoms with Crippen LogP contribution in [0.5, 0.6) is 0 Å². The lowest BCUT2D eigenvalue weighted by molar-refractivity contribution is 0.602. The van der Waals surface area contributed by atoms with Gasteiger partial charge in [0, 0.05) is 25.2 Å². The van der Waals surface area contributed by atoms with E-state index in [0.29, 0.717) is 11.9 Å². The lowest BCUT2D eigenvalue weighted by Crippen LogP contribution is -2.31. The molecule has 2 rings (SSSR count). The first-order valence-electron chi connectivity index (χ1n) is 5.87. The second-order valence-electron chi connectivity index (χ2n) is 4.81. The highest BCUT2D eigenvalue weighted by molar-refractivity contribution is 6.17. The van der Waals surface area contributed by atoms with Crippen LogP contribution in [0.3, 0.4) is 0 Å². The lowest BCUT2D eigenvalue weighted by Gasteiger charge is -2.27. The van der Waals surface area contributed by atoms with Crippen LogP contribution in [0.4, 0.5) is 5.82 Å². The van der Waals surface area contributed by atoms with Crippen molar-refractivity contribution in [3.63, 3.8) is 0 Å². The predicted molar refractivity (Wildman–Crippen MR) is 69.1 cm³/mol. The summed E-state index contributed by atoms with van der Waals surface area (Å²) in [6, 6.07) is 2.72. The fourth-order valence-corrected chi connectivity index (χ4v) is 2.30. The molecule has 16 heavy (non-hydrogen) atoms. The molecule has 0 spiro atoms. The van der Waals surface area contributed by atoms with E-state index in [1.807, 2.05) is 6.20 Å². The number of halogens is 1. The Labute approximate surface area is 103 Å². The first kappa shape index (κ1) is 11.7. The van der Waals surface area contributed by atoms with Gasteiger partial charge >= 0.3 is 0 Å². The van der Waals surface area contributed by atoms with Gasteiger partial charge in [-0.2, -0.15) is 0 Å². The summed E-state index contributed by atoms with van der Waals surface area (Å²) in [5.41, 5.74) is 2.31. The number of pyridine rings is 1. The molecule has 0 amide bonds. The minimum atomic E-state index is 0.538. The molecule has 0 radical (unpaired) electrons. The molecular weight excluding hydrogens is 220 g/mol. The number of anilines is 1. The molecule has 0 saturated heterocycles. The van der Waals surface area contributed by atoms with Crippen molar-refractivity contribution in [3.05, 3.63) is 23.4 Å². The smallest absolute Gasteiger partial charge is 0.131 e. The third kappa shape index (κ3) is 2.32. The van der Waals surface area contributed by atoms with Crippen LogP contribution in [-0.4, -0.2) is 18.1 Å². The maximum Gasteiger partial charge on any atom is 0.131 e. The molecule has 1 aliphatic rings. The molecule has 3 heteroatoms. The summed E-state index contributed by atoms with van der Waals surface area (Å²) < 4.78 is 0. The van der Waals surface area contributed by atoms with Crippen molar-refractivity contribution in [2.45, 2.75) is 38.6 Å². The van der Waals surface area contributed by atoms with E-state index >= 15 is 0 Å². The summed E-state index contributed by atoms with van der Waals surface area (Å²) in [5, 5.41) is 0. The normalized spacial score (nSPS) is 17.2. The fourth-order valence-electron chi connectivity index (χ4n) is 2.16. The zero-order valence-corrected chi connectivity index (χ0v) is 11.0. The second kappa shape index (κ2) is 4.62. The van der Waals surface area contributed by atoms with Gasteiger partial charge in [-0.1, -0.05) is 0 Å². The van der Waals surface area contributed by atoms with E-state index in [0.717, 1.165) is 17.3 Å². The molecule has 2 nitrogen and oxygen atoms in total. The zero-order valence-electron chi connectivity index (χ0n) is 10.2. The average molecular weight is 239 g/mol. The van der Waals surface area contributed by atoms with Crippen LogP contribution in [0, 0.1) is 12.8 Å². The molecule has 0 bridgehead atoms. The summed E-state index contributed by atoms with van der Waals surface area (Å²) in [6.45, 7) is 4.39. The topological polar surface area (TPSA) is 16.1 Å². The number of aromatic nitrogens is 1. The Hall–Kier alpha value is -0.760. The van der Waals surface area contributed by atoms with Gasteiger partial charge in [-0.3, -0.25) is 0 Å². The summed E-state index contributed by atoms with van der Waals surface area (Å²) in [5.74, 6) is 2.49. The quantitative estimate of drug-likeness (QED) is 0.748. The monoisotopic (exact) mass is 238 g/mol. The third-order valence-corrected chi connectivity index (χ3v) is 3.82. The number of rotatable bonds is 4. The van der Waals surface area contributed by atoms with Gasteiger partial charge in [0.05, 0.1) is 0 Å². The van der Waals surface area contributed by atoms with Gasteiger partial charge in [-0.15, -0.1) is 11.6 Å². The van der Waals surface area contributed by atoms with E-state index < -0.39 is 0 Å². The van der Waals surface area contributed by atoms with Gasteiger partial charge in [0.15, 0.2) is 0 Å². The van der Waals surface area contributed by atoms with E-state index in [4.69, 9.17) is 11.6 Å². The minimum absolute atomic E-state index is 0.538. The number of alkyl halides is 1. The zero-order chi connectivity index (χ0) is 11.7. The Kier molecular flexibility index (Phi) is 3.38. The first-order chi connectivity index (χ1) is 7.63. The molecular formula is C13H19ClN2. The molecule has 1 aromatic heterocycles. The molecule has 0 N–H and O–H groups in total. The van der Waals surface area contributed by atoms with Crippen molar-refractivity contribution in [1.29, 1.82) is 0 Å². The first-order valence-corrected chi connectivity index (χ1v) is 6.41. The summed E-state index contributed by atoms with van der Waals surface area (Å²) in [6.07, 6.45) is 4.61. The van der Waals surface area contributed by atoms with Gasteiger partial charge in [-0.05, 0) is 49.8 Å². The van der Waals surface area contributed by atoms with Crippen molar-refractivity contribution >= 4 is 17.4 Å². The SMILES string of the molecule is Cc1cc(CCl)cnc1N(C)C(C)C1CC1. The Morgan fingerprint density at radius 2 is 2.25 bits per heavy atom. The largest absolute Gasteiger partial charge is 0.356 e. The lowest BCUT2D eigenvalue weighted by atomic mass is 10.1. The molecule has 1 atom stereocenters. The van der Waals surface area contributed by atoms with E-state index in [1.165, 1.54) is 18.4 Å². The Balaban J connectivity index is 2.18. The maximum atomic E-state index is 5.80. The van der Waals surface area contributed by atoms with Crippen LogP contribution >= 0.6 is 11.6 Å². The predicted octanol–water partition coefficient (Wildman–Crippen LogP) is 3.36. The van der Waals surface area contributed by atoms with Gasteiger partial charge in [0.1, 0.15) is 5.82 Å². The minimum Gasteiger partial charge on any atom is -0.356 e. The highest BCUT2D eigenvalue weighted by Crippen LogP contribution is 2.36. The average Bonchev–Trinajstić information content (AvgIpc) is 3.10. The van der Waals surface area contributed by atoms with Gasteiger partial charge in [-0.25, -0.2) is 4.98 Å². The Bertz CT molecular complexity index is 374. The molecule has 0 aromatic carbocycles. The van der Waals surface area contributed by atoms with Crippen molar-refractivity contribution in [3.8, 4) is 0 Å². The Morgan fingerprint density at radius 3 is 2.75 bits per heavy atom. The highest BCUT2D eigenvalue weighted by Gasteiger charge is 2.31. The molecule has 1 heterocycles. The number of aryl methyl sites for hydroxylation is 1. The van der Waals surface area contributed by atoms with Crippen LogP contribution in [0.15, 0.2) is 12.3 Å². The van der Waals surface area contributed by atoms with Gasteiger partial charge < -0.3 is 4.90 Å². The molecule has 1 unspecified atom stereocenters. The fraction of sp³-hybridized carbons (Fsp3) is 0.615. The van der Waals surface area contributed by atoms with Crippen molar-refractivity contribution in [1.82, 2.24) is 4.98 Å². The van der Waals surface area contributed by atoms with Gasteiger partial charge in [0.25, 0.3) is 0 Å². The number of hydrogen-bond donors (Lipinski definition) is 0. The van der Waals surface area contributed by atoms with E-state index in [1.54, 1.807) is 0 Å². The van der Waals surface area contributed by atoms with Crippen LogP contribution < -0.4 is 4.90 Å². The maximum absolute atomic E-state index is 5.80. The van der Waals surface area contributed by atoms with Crippen LogP contribution in [0.25, 0.3) is 0 Å². The van der Waals surface area contributed by atoms with Crippen molar-refractivity contribution in [2.24, 2.45) is 5.92 Å². The van der Waals surface area contributed by atoms with Crippen LogP contribution in [0.2, 0.25) is 0 Å². The molecule has 1 aliphatic carbocycles. The molecule has 1 aromatic rings. The van der Waals surface area contributed by atoms with Crippen molar-refractivity contribution < 1.29 is 0 Å². The second-order valence-corrected chi connectivity index (χ2v) is 5.07. The van der Waals surface area contributed by atoms with E-state index in [9.17, 15) is 0 Å². The van der Waals surface area contributed by atoms with Crippen molar-refractivity contribution in [2.75, 3.05) is 11.9 Å². The standard InChI is InChI=1S/C13H19ClN2/c1-9-6-11(7-14)8-15-13(9)16(3)10(2)12-4-5-12/h6,8,10,12H,4-5,7H2,1-3H3. The summed E-state index contributed by atoms with van der Waals surface area (Å²) in [7, 11) is 2.14.